The predicted octanol–water partition coefficient (Wildman–Crippen LogP) is 1.15. The van der Waals surface area contributed by atoms with Crippen molar-refractivity contribution in [3.8, 4) is 11.8 Å². The Balaban J connectivity index is 1.85. The number of carbonyl (C=O) groups excluding carboxylic acids is 2. The first-order valence-electron chi connectivity index (χ1n) is 7.43. The molecule has 0 atom stereocenters. The quantitative estimate of drug-likeness (QED) is 0.624. The molecule has 0 aromatic heterocycles. The van der Waals surface area contributed by atoms with Crippen molar-refractivity contribution in [1.82, 2.24) is 9.62 Å². The van der Waals surface area contributed by atoms with Crippen LogP contribution < -0.4 is 4.72 Å². The van der Waals surface area contributed by atoms with E-state index in [1.165, 1.54) is 0 Å². The molecule has 1 aliphatic rings. The molecular formula is C16H17ClN2O4S. The molecule has 128 valence electrons. The molecule has 0 spiro atoms. The van der Waals surface area contributed by atoms with Crippen molar-refractivity contribution in [3.63, 3.8) is 0 Å². The van der Waals surface area contributed by atoms with Crippen molar-refractivity contribution in [3.05, 3.63) is 34.9 Å². The van der Waals surface area contributed by atoms with E-state index in [0.29, 0.717) is 17.0 Å². The second-order valence-electron chi connectivity index (χ2n) is 5.21. The number of hydrogen-bond acceptors (Lipinski definition) is 4. The number of halogens is 1. The number of sulfonamides is 1. The fraction of sp³-hybridized carbons (Fsp3) is 0.375. The number of rotatable bonds is 5. The number of amides is 2. The van der Waals surface area contributed by atoms with Gasteiger partial charge in [-0.15, -0.1) is 0 Å². The third-order valence-corrected chi connectivity index (χ3v) is 5.08. The maximum Gasteiger partial charge on any atom is 0.229 e. The maximum absolute atomic E-state index is 11.9. The van der Waals surface area contributed by atoms with Gasteiger partial charge in [0.1, 0.15) is 0 Å². The van der Waals surface area contributed by atoms with Crippen LogP contribution in [0.5, 0.6) is 0 Å². The average Bonchev–Trinajstić information content (AvgIpc) is 2.52. The maximum atomic E-state index is 11.9. The molecule has 2 rings (SSSR count). The summed E-state index contributed by atoms with van der Waals surface area (Å²) >= 11 is 5.95. The van der Waals surface area contributed by atoms with Crippen LogP contribution in [-0.2, 0) is 19.6 Å². The minimum Gasteiger partial charge on any atom is -0.282 e. The summed E-state index contributed by atoms with van der Waals surface area (Å²) in [5, 5.41) is 0.495. The third kappa shape index (κ3) is 5.34. The van der Waals surface area contributed by atoms with Crippen LogP contribution in [0.4, 0.5) is 0 Å². The van der Waals surface area contributed by atoms with Crippen LogP contribution in [0.2, 0.25) is 5.02 Å². The number of carbonyl (C=O) groups is 2. The van der Waals surface area contributed by atoms with Crippen LogP contribution in [0.15, 0.2) is 24.3 Å². The molecule has 1 heterocycles. The van der Waals surface area contributed by atoms with Gasteiger partial charge in [0.15, 0.2) is 0 Å². The molecule has 8 heteroatoms. The average molecular weight is 369 g/mol. The number of likely N-dealkylation sites (tertiary alicyclic amines) is 1. The van der Waals surface area contributed by atoms with Crippen LogP contribution in [0.1, 0.15) is 24.8 Å². The first-order chi connectivity index (χ1) is 11.4. The molecule has 0 aliphatic carbocycles. The fourth-order valence-corrected chi connectivity index (χ4v) is 3.22. The van der Waals surface area contributed by atoms with E-state index < -0.39 is 10.0 Å². The summed E-state index contributed by atoms with van der Waals surface area (Å²) in [6.07, 6.45) is 1.09. The van der Waals surface area contributed by atoms with Crippen molar-refractivity contribution in [1.29, 1.82) is 0 Å². The molecule has 24 heavy (non-hydrogen) atoms. The SMILES string of the molecule is O=C1CCCC(=O)N1CCS(=O)(=O)NCC#Cc1ccccc1Cl. The van der Waals surface area contributed by atoms with Gasteiger partial charge in [-0.1, -0.05) is 35.6 Å². The summed E-state index contributed by atoms with van der Waals surface area (Å²) in [6, 6.07) is 6.99. The lowest BCUT2D eigenvalue weighted by Gasteiger charge is -2.24. The number of imide groups is 1. The summed E-state index contributed by atoms with van der Waals surface area (Å²) in [6.45, 7) is -0.208. The molecule has 0 unspecified atom stereocenters. The van der Waals surface area contributed by atoms with Crippen molar-refractivity contribution < 1.29 is 18.0 Å². The van der Waals surface area contributed by atoms with E-state index in [0.717, 1.165) is 4.90 Å². The molecule has 2 amide bonds. The van der Waals surface area contributed by atoms with E-state index in [2.05, 4.69) is 16.6 Å². The van der Waals surface area contributed by atoms with E-state index in [1.54, 1.807) is 24.3 Å². The van der Waals surface area contributed by atoms with Crippen molar-refractivity contribution in [2.24, 2.45) is 0 Å². The Labute approximate surface area is 146 Å². The highest BCUT2D eigenvalue weighted by Crippen LogP contribution is 2.13. The van der Waals surface area contributed by atoms with E-state index >= 15 is 0 Å². The van der Waals surface area contributed by atoms with Gasteiger partial charge in [0.25, 0.3) is 0 Å². The second-order valence-corrected chi connectivity index (χ2v) is 7.55. The number of benzene rings is 1. The zero-order valence-electron chi connectivity index (χ0n) is 12.9. The number of hydrogen-bond donors (Lipinski definition) is 1. The minimum atomic E-state index is -3.62. The van der Waals surface area contributed by atoms with Crippen molar-refractivity contribution >= 4 is 33.4 Å². The Morgan fingerprint density at radius 3 is 2.50 bits per heavy atom. The van der Waals surface area contributed by atoms with E-state index in [-0.39, 0.29) is 43.5 Å². The number of piperidine rings is 1. The van der Waals surface area contributed by atoms with Crippen LogP contribution in [0.3, 0.4) is 0 Å². The molecule has 1 aromatic rings. The monoisotopic (exact) mass is 368 g/mol. The second kappa shape index (κ2) is 8.29. The third-order valence-electron chi connectivity index (χ3n) is 3.44. The summed E-state index contributed by atoms with van der Waals surface area (Å²) in [5.74, 6) is 4.49. The lowest BCUT2D eigenvalue weighted by molar-refractivity contribution is -0.147. The van der Waals surface area contributed by atoms with E-state index in [9.17, 15) is 18.0 Å². The Morgan fingerprint density at radius 1 is 1.17 bits per heavy atom. The molecule has 0 saturated carbocycles. The fourth-order valence-electron chi connectivity index (χ4n) is 2.18. The summed E-state index contributed by atoms with van der Waals surface area (Å²) in [7, 11) is -3.62. The van der Waals surface area contributed by atoms with Crippen LogP contribution in [-0.4, -0.2) is 44.0 Å². The summed E-state index contributed by atoms with van der Waals surface area (Å²) in [4.78, 5) is 24.3. The summed E-state index contributed by atoms with van der Waals surface area (Å²) in [5.41, 5.74) is 0.614. The Kier molecular flexibility index (Phi) is 6.37. The Bertz CT molecular complexity index is 780. The van der Waals surface area contributed by atoms with Gasteiger partial charge in [0, 0.05) is 24.9 Å². The highest BCUT2D eigenvalue weighted by molar-refractivity contribution is 7.89. The summed E-state index contributed by atoms with van der Waals surface area (Å²) < 4.78 is 26.1. The highest BCUT2D eigenvalue weighted by Gasteiger charge is 2.26. The van der Waals surface area contributed by atoms with E-state index in [1.807, 2.05) is 0 Å². The minimum absolute atomic E-state index is 0.0740. The van der Waals surface area contributed by atoms with Crippen LogP contribution in [0, 0.1) is 11.8 Å². The lowest BCUT2D eigenvalue weighted by Crippen LogP contribution is -2.44. The van der Waals surface area contributed by atoms with Crippen LogP contribution in [0.25, 0.3) is 0 Å². The first-order valence-corrected chi connectivity index (χ1v) is 9.46. The molecule has 6 nitrogen and oxygen atoms in total. The van der Waals surface area contributed by atoms with Gasteiger partial charge in [0.05, 0.1) is 17.3 Å². The molecule has 0 radical (unpaired) electrons. The molecule has 0 bridgehead atoms. The van der Waals surface area contributed by atoms with Gasteiger partial charge < -0.3 is 0 Å². The number of nitrogens with one attached hydrogen (secondary N) is 1. The largest absolute Gasteiger partial charge is 0.282 e. The normalized spacial score (nSPS) is 15.1. The topological polar surface area (TPSA) is 83.6 Å². The van der Waals surface area contributed by atoms with Gasteiger partial charge >= 0.3 is 0 Å². The lowest BCUT2D eigenvalue weighted by atomic mass is 10.1. The zero-order chi connectivity index (χ0) is 17.6. The van der Waals surface area contributed by atoms with Crippen LogP contribution >= 0.6 is 11.6 Å². The predicted molar refractivity (Wildman–Crippen MR) is 90.7 cm³/mol. The van der Waals surface area contributed by atoms with Gasteiger partial charge in [0.2, 0.25) is 21.8 Å². The first kappa shape index (κ1) is 18.5. The molecule has 1 fully saturated rings. The zero-order valence-corrected chi connectivity index (χ0v) is 14.5. The molecule has 1 N–H and O–H groups in total. The number of nitrogens with zero attached hydrogens (tertiary/aromatic N) is 1. The van der Waals surface area contributed by atoms with Gasteiger partial charge in [-0.25, -0.2) is 13.1 Å². The van der Waals surface area contributed by atoms with Gasteiger partial charge in [-0.2, -0.15) is 0 Å². The van der Waals surface area contributed by atoms with Crippen molar-refractivity contribution in [2.75, 3.05) is 18.8 Å². The smallest absolute Gasteiger partial charge is 0.229 e. The molecule has 1 aromatic carbocycles. The molecule has 1 aliphatic heterocycles. The Morgan fingerprint density at radius 2 is 1.83 bits per heavy atom. The molecular weight excluding hydrogens is 352 g/mol. The standard InChI is InChI=1S/C16H17ClN2O4S/c17-14-7-2-1-5-13(14)6-4-10-18-24(22,23)12-11-19-15(20)8-3-9-16(19)21/h1-2,5,7,18H,3,8-12H2. The molecule has 1 saturated heterocycles. The van der Waals surface area contributed by atoms with Gasteiger partial charge in [-0.05, 0) is 18.6 Å². The highest BCUT2D eigenvalue weighted by atomic mass is 35.5. The van der Waals surface area contributed by atoms with Gasteiger partial charge in [-0.3, -0.25) is 14.5 Å². The Hall–Kier alpha value is -1.88. The van der Waals surface area contributed by atoms with E-state index in [4.69, 9.17) is 11.6 Å². The van der Waals surface area contributed by atoms with Crippen molar-refractivity contribution in [2.45, 2.75) is 19.3 Å².